The minimum absolute atomic E-state index is 0.0435. The number of carbonyl (C=O) groups excluding carboxylic acids is 2. The van der Waals surface area contributed by atoms with Gasteiger partial charge in [0.2, 0.25) is 0 Å². The smallest absolute Gasteiger partial charge is 0.410 e. The van der Waals surface area contributed by atoms with Crippen molar-refractivity contribution >= 4 is 11.9 Å². The number of ether oxygens (including phenoxy) is 1. The zero-order valence-electron chi connectivity index (χ0n) is 14.0. The molecule has 5 heteroatoms. The predicted molar refractivity (Wildman–Crippen MR) is 87.6 cm³/mol. The number of aryl methyl sites for hydroxylation is 1. The Kier molecular flexibility index (Phi) is 4.78. The maximum absolute atomic E-state index is 12.5. The second kappa shape index (κ2) is 6.44. The molecule has 0 aliphatic heterocycles. The van der Waals surface area contributed by atoms with Gasteiger partial charge in [-0.15, -0.1) is 0 Å². The summed E-state index contributed by atoms with van der Waals surface area (Å²) in [7, 11) is 1.53. The van der Waals surface area contributed by atoms with Crippen molar-refractivity contribution in [3.05, 3.63) is 46.7 Å². The van der Waals surface area contributed by atoms with Crippen molar-refractivity contribution in [2.75, 3.05) is 13.6 Å². The number of nitrogens with zero attached hydrogens (tertiary/aromatic N) is 1. The number of Topliss-reactive ketones (excluding diaryl/α,β-unsaturated/α-hetero) is 1. The normalized spacial score (nSPS) is 16.6. The standard InChI is InChI=1S/C18H23NO4/c1-18(2,3)23-17(22)19(4)11-15(20)14-10-9-12-7-5-6-8-13(12)16(14)21/h5-8,20H,9-11H2,1-4H3. The number of aliphatic hydroxyl groups is 1. The Hall–Kier alpha value is -2.30. The first kappa shape index (κ1) is 17.1. The van der Waals surface area contributed by atoms with E-state index in [1.54, 1.807) is 26.8 Å². The zero-order chi connectivity index (χ0) is 17.2. The molecular weight excluding hydrogens is 294 g/mol. The summed E-state index contributed by atoms with van der Waals surface area (Å²) >= 11 is 0. The van der Waals surface area contributed by atoms with E-state index in [9.17, 15) is 14.7 Å². The summed E-state index contributed by atoms with van der Waals surface area (Å²) in [6.07, 6.45) is 0.648. The molecule has 0 radical (unpaired) electrons. The maximum atomic E-state index is 12.5. The van der Waals surface area contributed by atoms with Crippen LogP contribution in [0.4, 0.5) is 4.79 Å². The van der Waals surface area contributed by atoms with Gasteiger partial charge in [0.15, 0.2) is 5.78 Å². The van der Waals surface area contributed by atoms with E-state index >= 15 is 0 Å². The van der Waals surface area contributed by atoms with Crippen LogP contribution in [0.25, 0.3) is 0 Å². The highest BCUT2D eigenvalue weighted by Crippen LogP contribution is 2.26. The maximum Gasteiger partial charge on any atom is 0.410 e. The third-order valence-corrected chi connectivity index (χ3v) is 3.62. The van der Waals surface area contributed by atoms with E-state index in [1.165, 1.54) is 11.9 Å². The quantitative estimate of drug-likeness (QED) is 0.670. The summed E-state index contributed by atoms with van der Waals surface area (Å²) in [5, 5.41) is 10.3. The first-order chi connectivity index (χ1) is 10.7. The highest BCUT2D eigenvalue weighted by molar-refractivity contribution is 6.11. The first-order valence-electron chi connectivity index (χ1n) is 7.67. The second-order valence-corrected chi connectivity index (χ2v) is 6.75. The lowest BCUT2D eigenvalue weighted by atomic mass is 9.86. The SMILES string of the molecule is CN(CC(O)=C1CCc2ccccc2C1=O)C(=O)OC(C)(C)C. The van der Waals surface area contributed by atoms with E-state index in [-0.39, 0.29) is 18.1 Å². The van der Waals surface area contributed by atoms with Crippen molar-refractivity contribution in [1.29, 1.82) is 0 Å². The molecule has 1 N–H and O–H groups in total. The molecule has 0 fully saturated rings. The van der Waals surface area contributed by atoms with Crippen LogP contribution in [-0.2, 0) is 11.2 Å². The van der Waals surface area contributed by atoms with E-state index in [0.29, 0.717) is 24.0 Å². The molecule has 1 amide bonds. The molecule has 1 aliphatic carbocycles. The number of benzene rings is 1. The summed E-state index contributed by atoms with van der Waals surface area (Å²) in [4.78, 5) is 25.7. The largest absolute Gasteiger partial charge is 0.510 e. The van der Waals surface area contributed by atoms with Crippen molar-refractivity contribution in [1.82, 2.24) is 4.90 Å². The van der Waals surface area contributed by atoms with Crippen LogP contribution in [0, 0.1) is 0 Å². The molecule has 0 saturated carbocycles. The number of ketones is 1. The van der Waals surface area contributed by atoms with Gasteiger partial charge in [-0.1, -0.05) is 24.3 Å². The molecule has 0 heterocycles. The Morgan fingerprint density at radius 3 is 2.57 bits per heavy atom. The molecule has 0 atom stereocenters. The molecule has 1 aliphatic rings. The average Bonchev–Trinajstić information content (AvgIpc) is 2.46. The van der Waals surface area contributed by atoms with Crippen LogP contribution in [0.5, 0.6) is 0 Å². The van der Waals surface area contributed by atoms with Gasteiger partial charge in [-0.05, 0) is 39.2 Å². The third kappa shape index (κ3) is 4.12. The topological polar surface area (TPSA) is 66.8 Å². The van der Waals surface area contributed by atoms with E-state index < -0.39 is 11.7 Å². The number of fused-ring (bicyclic) bond motifs is 1. The summed E-state index contributed by atoms with van der Waals surface area (Å²) in [6.45, 7) is 5.29. The van der Waals surface area contributed by atoms with E-state index in [4.69, 9.17) is 4.74 Å². The fraction of sp³-hybridized carbons (Fsp3) is 0.444. The number of allylic oxidation sites excluding steroid dienone is 1. The van der Waals surface area contributed by atoms with Crippen molar-refractivity contribution in [3.63, 3.8) is 0 Å². The van der Waals surface area contributed by atoms with Crippen LogP contribution in [0.3, 0.4) is 0 Å². The number of likely N-dealkylation sites (N-methyl/N-ethyl adjacent to an activating group) is 1. The van der Waals surface area contributed by atoms with Crippen LogP contribution in [0.15, 0.2) is 35.6 Å². The Balaban J connectivity index is 2.13. The lowest BCUT2D eigenvalue weighted by molar-refractivity contribution is 0.0296. The summed E-state index contributed by atoms with van der Waals surface area (Å²) in [5.74, 6) is -0.236. The summed E-state index contributed by atoms with van der Waals surface area (Å²) < 4.78 is 5.24. The summed E-state index contributed by atoms with van der Waals surface area (Å²) in [6, 6.07) is 7.40. The predicted octanol–water partition coefficient (Wildman–Crippen LogP) is 3.49. The molecule has 23 heavy (non-hydrogen) atoms. The Morgan fingerprint density at radius 2 is 1.91 bits per heavy atom. The number of aliphatic hydroxyl groups excluding tert-OH is 1. The monoisotopic (exact) mass is 317 g/mol. The Morgan fingerprint density at radius 1 is 1.26 bits per heavy atom. The zero-order valence-corrected chi connectivity index (χ0v) is 14.0. The molecule has 2 rings (SSSR count). The Bertz CT molecular complexity index is 655. The molecule has 5 nitrogen and oxygen atoms in total. The van der Waals surface area contributed by atoms with Crippen molar-refractivity contribution in [2.24, 2.45) is 0 Å². The van der Waals surface area contributed by atoms with Gasteiger partial charge >= 0.3 is 6.09 Å². The first-order valence-corrected chi connectivity index (χ1v) is 7.67. The fourth-order valence-corrected chi connectivity index (χ4v) is 2.50. The average molecular weight is 317 g/mol. The molecule has 0 bridgehead atoms. The Labute approximate surface area is 136 Å². The lowest BCUT2D eigenvalue weighted by Gasteiger charge is -2.25. The molecule has 0 saturated heterocycles. The van der Waals surface area contributed by atoms with Crippen LogP contribution >= 0.6 is 0 Å². The molecule has 1 aromatic carbocycles. The van der Waals surface area contributed by atoms with Crippen LogP contribution in [0.1, 0.15) is 43.1 Å². The van der Waals surface area contributed by atoms with E-state index in [0.717, 1.165) is 5.56 Å². The minimum Gasteiger partial charge on any atom is -0.510 e. The number of hydrogen-bond donors (Lipinski definition) is 1. The van der Waals surface area contributed by atoms with Crippen molar-refractivity contribution in [2.45, 2.75) is 39.2 Å². The minimum atomic E-state index is -0.603. The molecular formula is C18H23NO4. The molecule has 1 aromatic rings. The second-order valence-electron chi connectivity index (χ2n) is 6.75. The van der Waals surface area contributed by atoms with Gasteiger partial charge < -0.3 is 14.7 Å². The molecule has 0 unspecified atom stereocenters. The number of rotatable bonds is 2. The van der Waals surface area contributed by atoms with E-state index in [1.807, 2.05) is 18.2 Å². The van der Waals surface area contributed by atoms with Gasteiger partial charge in [-0.3, -0.25) is 4.79 Å². The van der Waals surface area contributed by atoms with Gasteiger partial charge in [-0.25, -0.2) is 4.79 Å². The third-order valence-electron chi connectivity index (χ3n) is 3.62. The number of carbonyl (C=O) groups is 2. The molecule has 0 aromatic heterocycles. The van der Waals surface area contributed by atoms with Crippen molar-refractivity contribution in [3.8, 4) is 0 Å². The van der Waals surface area contributed by atoms with Crippen LogP contribution < -0.4 is 0 Å². The number of amides is 1. The van der Waals surface area contributed by atoms with Crippen LogP contribution in [-0.4, -0.2) is 41.1 Å². The van der Waals surface area contributed by atoms with Gasteiger partial charge in [0.25, 0.3) is 0 Å². The number of hydrogen-bond acceptors (Lipinski definition) is 4. The van der Waals surface area contributed by atoms with Gasteiger partial charge in [0.1, 0.15) is 11.4 Å². The fourth-order valence-electron chi connectivity index (χ4n) is 2.50. The van der Waals surface area contributed by atoms with Crippen molar-refractivity contribution < 1.29 is 19.4 Å². The molecule has 124 valence electrons. The lowest BCUT2D eigenvalue weighted by Crippen LogP contribution is -2.35. The van der Waals surface area contributed by atoms with Gasteiger partial charge in [0, 0.05) is 18.2 Å². The highest BCUT2D eigenvalue weighted by Gasteiger charge is 2.26. The van der Waals surface area contributed by atoms with Crippen LogP contribution in [0.2, 0.25) is 0 Å². The van der Waals surface area contributed by atoms with Gasteiger partial charge in [-0.2, -0.15) is 0 Å². The highest BCUT2D eigenvalue weighted by atomic mass is 16.6. The van der Waals surface area contributed by atoms with E-state index in [2.05, 4.69) is 0 Å². The van der Waals surface area contributed by atoms with Gasteiger partial charge in [0.05, 0.1) is 6.54 Å². The summed E-state index contributed by atoms with van der Waals surface area (Å²) in [5.41, 5.74) is 1.39. The molecule has 0 spiro atoms.